The molecule has 0 bridgehead atoms. The van der Waals surface area contributed by atoms with Crippen molar-refractivity contribution >= 4 is 5.91 Å². The van der Waals surface area contributed by atoms with E-state index < -0.39 is 17.7 Å². The maximum absolute atomic E-state index is 13.7. The van der Waals surface area contributed by atoms with Crippen molar-refractivity contribution in [3.05, 3.63) is 35.4 Å². The van der Waals surface area contributed by atoms with Crippen molar-refractivity contribution in [2.45, 2.75) is 38.1 Å². The van der Waals surface area contributed by atoms with Gasteiger partial charge >= 0.3 is 0 Å². The molecule has 0 aromatic heterocycles. The predicted molar refractivity (Wildman–Crippen MR) is 73.0 cm³/mol. The van der Waals surface area contributed by atoms with Crippen LogP contribution in [0.1, 0.15) is 43.7 Å². The van der Waals surface area contributed by atoms with Crippen LogP contribution in [0.4, 0.5) is 8.78 Å². The van der Waals surface area contributed by atoms with E-state index in [2.05, 4.69) is 0 Å². The van der Waals surface area contributed by atoms with Crippen molar-refractivity contribution in [1.29, 1.82) is 0 Å². The summed E-state index contributed by atoms with van der Waals surface area (Å²) in [5.41, 5.74) is 6.22. The summed E-state index contributed by atoms with van der Waals surface area (Å²) in [6.45, 7) is 0.941. The summed E-state index contributed by atoms with van der Waals surface area (Å²) in [4.78, 5) is 13.7. The summed E-state index contributed by atoms with van der Waals surface area (Å²) >= 11 is 0. The van der Waals surface area contributed by atoms with Crippen molar-refractivity contribution in [2.24, 2.45) is 5.73 Å². The van der Waals surface area contributed by atoms with Crippen LogP contribution in [0.25, 0.3) is 0 Å². The van der Waals surface area contributed by atoms with Crippen LogP contribution in [0.2, 0.25) is 0 Å². The van der Waals surface area contributed by atoms with Crippen molar-refractivity contribution in [3.63, 3.8) is 0 Å². The number of nitrogens with zero attached hydrogens (tertiary/aromatic N) is 1. The molecule has 1 amide bonds. The van der Waals surface area contributed by atoms with Gasteiger partial charge in [0.25, 0.3) is 0 Å². The standard InChI is InChI=1S/C15H20F2N2O/c16-11-6-7-12(13(17)9-11)14(18)10-19-8-4-2-1-3-5-15(19)20/h6-7,9,14H,1-5,8,10,18H2. The zero-order valence-corrected chi connectivity index (χ0v) is 11.4. The Morgan fingerprint density at radius 2 is 1.95 bits per heavy atom. The van der Waals surface area contributed by atoms with Crippen LogP contribution >= 0.6 is 0 Å². The molecule has 5 heteroatoms. The van der Waals surface area contributed by atoms with E-state index in [1.54, 1.807) is 4.90 Å². The van der Waals surface area contributed by atoms with Gasteiger partial charge in [0, 0.05) is 31.1 Å². The number of likely N-dealkylation sites (tertiary alicyclic amines) is 1. The van der Waals surface area contributed by atoms with E-state index in [1.807, 2.05) is 0 Å². The number of halogens is 2. The summed E-state index contributed by atoms with van der Waals surface area (Å²) in [7, 11) is 0. The topological polar surface area (TPSA) is 46.3 Å². The van der Waals surface area contributed by atoms with Crippen LogP contribution in [-0.2, 0) is 4.79 Å². The Morgan fingerprint density at radius 3 is 2.70 bits per heavy atom. The van der Waals surface area contributed by atoms with Gasteiger partial charge in [-0.25, -0.2) is 8.78 Å². The molecule has 3 nitrogen and oxygen atoms in total. The Morgan fingerprint density at radius 1 is 1.20 bits per heavy atom. The van der Waals surface area contributed by atoms with Gasteiger partial charge in [0.1, 0.15) is 11.6 Å². The van der Waals surface area contributed by atoms with Gasteiger partial charge in [-0.2, -0.15) is 0 Å². The molecule has 2 rings (SSSR count). The zero-order valence-electron chi connectivity index (χ0n) is 11.4. The monoisotopic (exact) mass is 282 g/mol. The SMILES string of the molecule is NC(CN1CCCCCCC1=O)c1ccc(F)cc1F. The van der Waals surface area contributed by atoms with Gasteiger partial charge < -0.3 is 10.6 Å². The molecule has 1 saturated heterocycles. The third kappa shape index (κ3) is 3.76. The highest BCUT2D eigenvalue weighted by molar-refractivity contribution is 5.76. The molecule has 20 heavy (non-hydrogen) atoms. The number of rotatable bonds is 3. The average molecular weight is 282 g/mol. The Balaban J connectivity index is 2.05. The summed E-state index contributed by atoms with van der Waals surface area (Å²) in [6, 6.07) is 2.74. The Hall–Kier alpha value is -1.49. The predicted octanol–water partition coefficient (Wildman–Crippen LogP) is 2.76. The highest BCUT2D eigenvalue weighted by atomic mass is 19.1. The number of nitrogens with two attached hydrogens (primary N) is 1. The largest absolute Gasteiger partial charge is 0.341 e. The second-order valence-corrected chi connectivity index (χ2v) is 5.28. The molecule has 2 N–H and O–H groups in total. The summed E-state index contributed by atoms with van der Waals surface area (Å²) in [6.07, 6.45) is 4.56. The van der Waals surface area contributed by atoms with Gasteiger partial charge in [-0.3, -0.25) is 4.79 Å². The van der Waals surface area contributed by atoms with E-state index in [9.17, 15) is 13.6 Å². The Kier molecular flexibility index (Phi) is 5.06. The lowest BCUT2D eigenvalue weighted by atomic mass is 10.0. The molecule has 1 heterocycles. The molecular formula is C15H20F2N2O. The maximum Gasteiger partial charge on any atom is 0.222 e. The molecule has 0 spiro atoms. The van der Waals surface area contributed by atoms with E-state index in [0.717, 1.165) is 31.7 Å². The first-order valence-corrected chi connectivity index (χ1v) is 7.06. The number of amides is 1. The molecule has 1 fully saturated rings. The van der Waals surface area contributed by atoms with E-state index >= 15 is 0 Å². The van der Waals surface area contributed by atoms with Crippen LogP contribution in [0.5, 0.6) is 0 Å². The van der Waals surface area contributed by atoms with Crippen molar-refractivity contribution < 1.29 is 13.6 Å². The van der Waals surface area contributed by atoms with E-state index in [4.69, 9.17) is 5.73 Å². The third-order valence-corrected chi connectivity index (χ3v) is 3.70. The minimum Gasteiger partial charge on any atom is -0.341 e. The molecule has 1 atom stereocenters. The van der Waals surface area contributed by atoms with Crippen molar-refractivity contribution in [1.82, 2.24) is 4.90 Å². The van der Waals surface area contributed by atoms with E-state index in [0.29, 0.717) is 13.0 Å². The molecule has 0 radical (unpaired) electrons. The van der Waals surface area contributed by atoms with Crippen LogP contribution in [-0.4, -0.2) is 23.9 Å². The first kappa shape index (κ1) is 14.9. The summed E-state index contributed by atoms with van der Waals surface area (Å²) in [5, 5.41) is 0. The molecule has 0 aliphatic carbocycles. The first-order valence-electron chi connectivity index (χ1n) is 7.06. The fraction of sp³-hybridized carbons (Fsp3) is 0.533. The van der Waals surface area contributed by atoms with Crippen molar-refractivity contribution in [2.75, 3.05) is 13.1 Å². The van der Waals surface area contributed by atoms with Gasteiger partial charge in [-0.1, -0.05) is 18.9 Å². The quantitative estimate of drug-likeness (QED) is 0.926. The van der Waals surface area contributed by atoms with Crippen LogP contribution < -0.4 is 5.73 Å². The second kappa shape index (κ2) is 6.79. The number of hydrogen-bond donors (Lipinski definition) is 1. The molecule has 1 aliphatic rings. The van der Waals surface area contributed by atoms with Gasteiger partial charge in [-0.15, -0.1) is 0 Å². The highest BCUT2D eigenvalue weighted by Crippen LogP contribution is 2.19. The lowest BCUT2D eigenvalue weighted by Gasteiger charge is -2.28. The smallest absolute Gasteiger partial charge is 0.222 e. The molecule has 1 aliphatic heterocycles. The minimum atomic E-state index is -0.656. The van der Waals surface area contributed by atoms with Gasteiger partial charge in [0.05, 0.1) is 6.04 Å². The Labute approximate surface area is 117 Å². The molecule has 0 saturated carbocycles. The van der Waals surface area contributed by atoms with Gasteiger partial charge in [0.15, 0.2) is 0 Å². The van der Waals surface area contributed by atoms with Crippen LogP contribution in [0.3, 0.4) is 0 Å². The fourth-order valence-electron chi connectivity index (χ4n) is 2.55. The van der Waals surface area contributed by atoms with Crippen LogP contribution in [0, 0.1) is 11.6 Å². The second-order valence-electron chi connectivity index (χ2n) is 5.28. The summed E-state index contributed by atoms with van der Waals surface area (Å²) in [5.74, 6) is -1.21. The van der Waals surface area contributed by atoms with Crippen LogP contribution in [0.15, 0.2) is 18.2 Å². The molecule has 1 aromatic rings. The lowest BCUT2D eigenvalue weighted by Crippen LogP contribution is -2.38. The number of carbonyl (C=O) groups is 1. The fourth-order valence-corrected chi connectivity index (χ4v) is 2.55. The highest BCUT2D eigenvalue weighted by Gasteiger charge is 2.20. The third-order valence-electron chi connectivity index (χ3n) is 3.70. The molecule has 110 valence electrons. The average Bonchev–Trinajstić information content (AvgIpc) is 2.38. The number of carbonyl (C=O) groups excluding carboxylic acids is 1. The van der Waals surface area contributed by atoms with E-state index in [1.165, 1.54) is 12.1 Å². The maximum atomic E-state index is 13.7. The number of benzene rings is 1. The summed E-state index contributed by atoms with van der Waals surface area (Å²) < 4.78 is 26.6. The van der Waals surface area contributed by atoms with Gasteiger partial charge in [0.2, 0.25) is 5.91 Å². The van der Waals surface area contributed by atoms with Crippen molar-refractivity contribution in [3.8, 4) is 0 Å². The minimum absolute atomic E-state index is 0.0719. The first-order chi connectivity index (χ1) is 9.58. The molecule has 1 aromatic carbocycles. The van der Waals surface area contributed by atoms with E-state index in [-0.39, 0.29) is 18.0 Å². The Bertz CT molecular complexity index is 479. The normalized spacial score (nSPS) is 18.6. The zero-order chi connectivity index (χ0) is 14.5. The molecular weight excluding hydrogens is 262 g/mol. The van der Waals surface area contributed by atoms with Gasteiger partial charge in [-0.05, 0) is 18.9 Å². The number of hydrogen-bond acceptors (Lipinski definition) is 2. The lowest BCUT2D eigenvalue weighted by molar-refractivity contribution is -0.132. The molecule has 1 unspecified atom stereocenters.